The molecule has 0 bridgehead atoms. The van der Waals surface area contributed by atoms with Crippen LogP contribution in [0.15, 0.2) is 6.20 Å². The number of pyridine rings is 1. The van der Waals surface area contributed by atoms with Gasteiger partial charge in [0.25, 0.3) is 0 Å². The van der Waals surface area contributed by atoms with E-state index in [2.05, 4.69) is 25.7 Å². The quantitative estimate of drug-likeness (QED) is 0.302. The van der Waals surface area contributed by atoms with Crippen molar-refractivity contribution in [3.05, 3.63) is 21.0 Å². The van der Waals surface area contributed by atoms with Gasteiger partial charge < -0.3 is 9.47 Å². The highest BCUT2D eigenvalue weighted by Gasteiger charge is 2.33. The molecule has 4 nitrogen and oxygen atoms in total. The van der Waals surface area contributed by atoms with E-state index in [9.17, 15) is 18.0 Å². The van der Waals surface area contributed by atoms with Crippen LogP contribution in [0.4, 0.5) is 13.2 Å². The first-order valence-electron chi connectivity index (χ1n) is 4.96. The summed E-state index contributed by atoms with van der Waals surface area (Å²) in [5.74, 6) is -1.26. The molecule has 106 valence electrons. The van der Waals surface area contributed by atoms with Crippen LogP contribution < -0.4 is 4.74 Å². The van der Waals surface area contributed by atoms with Crippen molar-refractivity contribution >= 4 is 44.5 Å². The first kappa shape index (κ1) is 16.5. The molecule has 0 saturated carbocycles. The number of alkyl halides is 4. The molecule has 0 atom stereocenters. The van der Waals surface area contributed by atoms with E-state index < -0.39 is 18.1 Å². The largest absolute Gasteiger partial charge is 0.573 e. The lowest BCUT2D eigenvalue weighted by Gasteiger charge is -2.15. The van der Waals surface area contributed by atoms with E-state index in [0.717, 1.165) is 6.20 Å². The second kappa shape index (κ2) is 6.73. The van der Waals surface area contributed by atoms with Gasteiger partial charge in [0.05, 0.1) is 18.4 Å². The monoisotopic (exact) mass is 453 g/mol. The molecule has 0 unspecified atom stereocenters. The molecule has 0 N–H and O–H groups in total. The van der Waals surface area contributed by atoms with E-state index >= 15 is 0 Å². The van der Waals surface area contributed by atoms with Gasteiger partial charge in [0.15, 0.2) is 5.75 Å². The number of rotatable bonds is 4. The van der Waals surface area contributed by atoms with E-state index in [-0.39, 0.29) is 26.8 Å². The highest BCUT2D eigenvalue weighted by molar-refractivity contribution is 14.1. The van der Waals surface area contributed by atoms with Crippen LogP contribution in [-0.4, -0.2) is 23.9 Å². The van der Waals surface area contributed by atoms with Gasteiger partial charge in [-0.1, -0.05) is 15.9 Å². The Balaban J connectivity index is 3.29. The van der Waals surface area contributed by atoms with Gasteiger partial charge in [0.1, 0.15) is 3.70 Å². The lowest BCUT2D eigenvalue weighted by molar-refractivity contribution is -0.275. The maximum atomic E-state index is 12.3. The van der Waals surface area contributed by atoms with Crippen LogP contribution in [0.3, 0.4) is 0 Å². The Hall–Kier alpha value is -0.580. The minimum Gasteiger partial charge on any atom is -0.462 e. The zero-order valence-corrected chi connectivity index (χ0v) is 13.3. The van der Waals surface area contributed by atoms with Gasteiger partial charge in [0, 0.05) is 10.9 Å². The van der Waals surface area contributed by atoms with E-state index in [1.54, 1.807) is 29.5 Å². The van der Waals surface area contributed by atoms with Crippen LogP contribution >= 0.6 is 38.5 Å². The van der Waals surface area contributed by atoms with Gasteiger partial charge in [-0.2, -0.15) is 0 Å². The second-order valence-electron chi connectivity index (χ2n) is 3.17. The maximum Gasteiger partial charge on any atom is 0.573 e. The van der Waals surface area contributed by atoms with Gasteiger partial charge in [0.2, 0.25) is 0 Å². The van der Waals surface area contributed by atoms with Crippen LogP contribution in [0.5, 0.6) is 5.75 Å². The topological polar surface area (TPSA) is 48.4 Å². The number of carbonyl (C=O) groups is 1. The van der Waals surface area contributed by atoms with Gasteiger partial charge in [-0.25, -0.2) is 9.78 Å². The summed E-state index contributed by atoms with van der Waals surface area (Å²) in [5.41, 5.74) is 0.0243. The van der Waals surface area contributed by atoms with Crippen LogP contribution in [0, 0.1) is 3.70 Å². The molecule has 0 fully saturated rings. The standard InChI is InChI=1S/C10H8BrF3INO3/c1-2-18-9(17)7-5(3-11)6(4-16-8(7)15)19-10(12,13)14/h4H,2-3H2,1H3. The molecule has 9 heteroatoms. The fourth-order valence-corrected chi connectivity index (χ4v) is 2.50. The lowest BCUT2D eigenvalue weighted by Crippen LogP contribution is -2.20. The Morgan fingerprint density at radius 3 is 2.63 bits per heavy atom. The Kier molecular flexibility index (Phi) is 5.83. The fraction of sp³-hybridized carbons (Fsp3) is 0.400. The Morgan fingerprint density at radius 1 is 1.53 bits per heavy atom. The Bertz CT molecular complexity index is 482. The molecule has 0 aliphatic carbocycles. The van der Waals surface area contributed by atoms with Crippen molar-refractivity contribution in [2.75, 3.05) is 6.61 Å². The molecule has 1 aromatic heterocycles. The number of aromatic nitrogens is 1. The average Bonchev–Trinajstić information content (AvgIpc) is 2.29. The average molecular weight is 454 g/mol. The third-order valence-electron chi connectivity index (χ3n) is 1.94. The second-order valence-corrected chi connectivity index (χ2v) is 4.75. The predicted molar refractivity (Wildman–Crippen MR) is 72.2 cm³/mol. The van der Waals surface area contributed by atoms with Gasteiger partial charge >= 0.3 is 12.3 Å². The minimum absolute atomic E-state index is 0.00504. The highest BCUT2D eigenvalue weighted by Crippen LogP contribution is 2.31. The summed E-state index contributed by atoms with van der Waals surface area (Å²) in [7, 11) is 0. The summed E-state index contributed by atoms with van der Waals surface area (Å²) >= 11 is 4.78. The molecule has 1 rings (SSSR count). The molecule has 0 aliphatic heterocycles. The molecule has 1 heterocycles. The molecule has 0 spiro atoms. The third kappa shape index (κ3) is 4.48. The number of ether oxygens (including phenoxy) is 2. The van der Waals surface area contributed by atoms with E-state index in [1.807, 2.05) is 0 Å². The van der Waals surface area contributed by atoms with Crippen LogP contribution in [0.2, 0.25) is 0 Å². The van der Waals surface area contributed by atoms with Crippen molar-refractivity contribution in [2.24, 2.45) is 0 Å². The van der Waals surface area contributed by atoms with E-state index in [0.29, 0.717) is 0 Å². The Labute approximate surface area is 128 Å². The van der Waals surface area contributed by atoms with Crippen molar-refractivity contribution in [3.63, 3.8) is 0 Å². The predicted octanol–water partition coefficient (Wildman–Crippen LogP) is 3.66. The summed E-state index contributed by atoms with van der Waals surface area (Å²) in [6, 6.07) is 0. The summed E-state index contributed by atoms with van der Waals surface area (Å²) in [6.07, 6.45) is -3.92. The van der Waals surface area contributed by atoms with Crippen molar-refractivity contribution in [3.8, 4) is 5.75 Å². The SMILES string of the molecule is CCOC(=O)c1c(I)ncc(OC(F)(F)F)c1CBr. The number of esters is 1. The van der Waals surface area contributed by atoms with Crippen LogP contribution in [0.1, 0.15) is 22.8 Å². The molecule has 0 amide bonds. The molecule has 0 aromatic carbocycles. The molecule has 0 radical (unpaired) electrons. The van der Waals surface area contributed by atoms with Crippen LogP contribution in [0.25, 0.3) is 0 Å². The van der Waals surface area contributed by atoms with E-state index in [4.69, 9.17) is 4.74 Å². The summed E-state index contributed by atoms with van der Waals surface area (Å²) in [6.45, 7) is 1.71. The lowest BCUT2D eigenvalue weighted by atomic mass is 10.1. The van der Waals surface area contributed by atoms with Crippen molar-refractivity contribution < 1.29 is 27.4 Å². The van der Waals surface area contributed by atoms with Gasteiger partial charge in [-0.15, -0.1) is 13.2 Å². The smallest absolute Gasteiger partial charge is 0.462 e. The Morgan fingerprint density at radius 2 is 2.16 bits per heavy atom. The zero-order chi connectivity index (χ0) is 14.6. The first-order valence-corrected chi connectivity index (χ1v) is 7.16. The number of hydrogen-bond acceptors (Lipinski definition) is 4. The number of nitrogens with zero attached hydrogens (tertiary/aromatic N) is 1. The molecule has 1 aromatic rings. The molecule has 0 saturated heterocycles. The number of carbonyl (C=O) groups excluding carboxylic acids is 1. The van der Waals surface area contributed by atoms with Crippen molar-refractivity contribution in [1.29, 1.82) is 0 Å². The van der Waals surface area contributed by atoms with Crippen molar-refractivity contribution in [2.45, 2.75) is 18.6 Å². The molecule has 19 heavy (non-hydrogen) atoms. The maximum absolute atomic E-state index is 12.3. The van der Waals surface area contributed by atoms with Crippen molar-refractivity contribution in [1.82, 2.24) is 4.98 Å². The molecular formula is C10H8BrF3INO3. The summed E-state index contributed by atoms with van der Waals surface area (Å²) in [5, 5.41) is 0.00504. The molecule has 0 aliphatic rings. The molecular weight excluding hydrogens is 446 g/mol. The van der Waals surface area contributed by atoms with Gasteiger partial charge in [-0.05, 0) is 29.5 Å². The summed E-state index contributed by atoms with van der Waals surface area (Å²) < 4.78 is 45.7. The fourth-order valence-electron chi connectivity index (χ4n) is 1.26. The normalized spacial score (nSPS) is 11.3. The first-order chi connectivity index (χ1) is 8.80. The summed E-state index contributed by atoms with van der Waals surface area (Å²) in [4.78, 5) is 15.5. The van der Waals surface area contributed by atoms with Gasteiger partial charge in [-0.3, -0.25) is 0 Å². The van der Waals surface area contributed by atoms with E-state index in [1.165, 1.54) is 0 Å². The highest BCUT2D eigenvalue weighted by atomic mass is 127. The number of halogens is 5. The third-order valence-corrected chi connectivity index (χ3v) is 3.32. The van der Waals surface area contributed by atoms with Crippen LogP contribution in [-0.2, 0) is 10.1 Å². The zero-order valence-electron chi connectivity index (χ0n) is 9.55. The number of hydrogen-bond donors (Lipinski definition) is 0. The minimum atomic E-state index is -4.85.